The van der Waals surface area contributed by atoms with Gasteiger partial charge in [-0.15, -0.1) is 0 Å². The molecule has 0 saturated carbocycles. The average molecular weight is 180 g/mol. The van der Waals surface area contributed by atoms with E-state index in [1.807, 2.05) is 0 Å². The lowest BCUT2D eigenvalue weighted by molar-refractivity contribution is -0.155. The van der Waals surface area contributed by atoms with E-state index in [1.165, 1.54) is 6.92 Å². The number of nitrogens with two attached hydrogens (primary N) is 1. The Bertz CT molecular complexity index is 266. The van der Waals surface area contributed by atoms with Gasteiger partial charge in [-0.2, -0.15) is 13.2 Å². The van der Waals surface area contributed by atoms with E-state index in [0.29, 0.717) is 0 Å². The normalized spacial score (nSPS) is 14.8. The van der Waals surface area contributed by atoms with Crippen LogP contribution in [0.3, 0.4) is 0 Å². The van der Waals surface area contributed by atoms with Crippen molar-refractivity contribution in [1.29, 1.82) is 0 Å². The summed E-state index contributed by atoms with van der Waals surface area (Å²) in [6.45, 7) is 1.53. The molecule has 3 nitrogen and oxygen atoms in total. The average Bonchev–Trinajstić information content (AvgIpc) is 2.30. The minimum Gasteiger partial charge on any atom is -0.351 e. The summed E-state index contributed by atoms with van der Waals surface area (Å²) in [5.74, 6) is -1.12. The summed E-state index contributed by atoms with van der Waals surface area (Å²) in [5, 5.41) is 3.16. The monoisotopic (exact) mass is 180 g/mol. The molecule has 0 bridgehead atoms. The highest BCUT2D eigenvalue weighted by molar-refractivity contribution is 5.10. The van der Waals surface area contributed by atoms with Gasteiger partial charge in [-0.1, -0.05) is 5.16 Å². The molecule has 12 heavy (non-hydrogen) atoms. The molecule has 1 aromatic rings. The van der Waals surface area contributed by atoms with Crippen LogP contribution in [-0.4, -0.2) is 5.16 Å². The zero-order valence-electron chi connectivity index (χ0n) is 6.22. The van der Waals surface area contributed by atoms with Crippen molar-refractivity contribution < 1.29 is 17.7 Å². The molecule has 0 saturated heterocycles. The van der Waals surface area contributed by atoms with Crippen LogP contribution in [0.25, 0.3) is 0 Å². The van der Waals surface area contributed by atoms with Crippen LogP contribution in [0.5, 0.6) is 0 Å². The Morgan fingerprint density at radius 1 is 1.58 bits per heavy atom. The molecule has 0 spiro atoms. The molecule has 0 fully saturated rings. The van der Waals surface area contributed by atoms with Gasteiger partial charge in [-0.25, -0.2) is 0 Å². The third-order valence-corrected chi connectivity index (χ3v) is 1.27. The van der Waals surface area contributed by atoms with Gasteiger partial charge in [0.1, 0.15) is 5.69 Å². The summed E-state index contributed by atoms with van der Waals surface area (Å²) in [4.78, 5) is 0. The summed E-state index contributed by atoms with van der Waals surface area (Å²) >= 11 is 0. The van der Waals surface area contributed by atoms with E-state index >= 15 is 0 Å². The van der Waals surface area contributed by atoms with Crippen LogP contribution in [-0.2, 0) is 6.18 Å². The third-order valence-electron chi connectivity index (χ3n) is 1.27. The van der Waals surface area contributed by atoms with Crippen molar-refractivity contribution in [1.82, 2.24) is 5.16 Å². The van der Waals surface area contributed by atoms with Gasteiger partial charge in [0.2, 0.25) is 5.76 Å². The molecule has 1 rings (SSSR count). The van der Waals surface area contributed by atoms with Crippen LogP contribution < -0.4 is 5.73 Å². The second-order valence-corrected chi connectivity index (χ2v) is 2.40. The zero-order chi connectivity index (χ0) is 9.35. The van der Waals surface area contributed by atoms with Gasteiger partial charge in [-0.05, 0) is 6.92 Å². The molecule has 2 N–H and O–H groups in total. The summed E-state index contributed by atoms with van der Waals surface area (Å²) in [5.41, 5.74) is 5.38. The van der Waals surface area contributed by atoms with Crippen LogP contribution in [0.2, 0.25) is 0 Å². The highest BCUT2D eigenvalue weighted by atomic mass is 19.4. The fourth-order valence-electron chi connectivity index (χ4n) is 0.637. The van der Waals surface area contributed by atoms with Crippen molar-refractivity contribution in [2.45, 2.75) is 19.1 Å². The molecule has 0 amide bonds. The van der Waals surface area contributed by atoms with Crippen molar-refractivity contribution in [2.75, 3.05) is 0 Å². The predicted molar refractivity (Wildman–Crippen MR) is 34.1 cm³/mol. The van der Waals surface area contributed by atoms with Crippen LogP contribution in [0.4, 0.5) is 13.2 Å². The number of hydrogen-bond acceptors (Lipinski definition) is 3. The standard InChI is InChI=1S/C6H7F3N2O/c1-3(10)4-2-5(12-11-4)6(7,8)9/h2-3H,10H2,1H3/t3-/m0/s1. The maximum atomic E-state index is 11.9. The molecule has 0 aliphatic rings. The fourth-order valence-corrected chi connectivity index (χ4v) is 0.637. The smallest absolute Gasteiger partial charge is 0.351 e. The molecular formula is C6H7F3N2O. The molecule has 1 heterocycles. The van der Waals surface area contributed by atoms with Crippen molar-refractivity contribution in [2.24, 2.45) is 5.73 Å². The van der Waals surface area contributed by atoms with Gasteiger partial charge in [0.25, 0.3) is 0 Å². The largest absolute Gasteiger partial charge is 0.452 e. The van der Waals surface area contributed by atoms with E-state index in [4.69, 9.17) is 5.73 Å². The highest BCUT2D eigenvalue weighted by Crippen LogP contribution is 2.30. The minimum absolute atomic E-state index is 0.0994. The number of alkyl halides is 3. The SMILES string of the molecule is C[C@H](N)c1cc(C(F)(F)F)on1. The van der Waals surface area contributed by atoms with E-state index in [2.05, 4.69) is 9.68 Å². The number of hydrogen-bond donors (Lipinski definition) is 1. The molecule has 1 atom stereocenters. The maximum Gasteiger partial charge on any atom is 0.452 e. The van der Waals surface area contributed by atoms with Crippen molar-refractivity contribution in [3.8, 4) is 0 Å². The minimum atomic E-state index is -4.49. The number of nitrogens with zero attached hydrogens (tertiary/aromatic N) is 1. The van der Waals surface area contributed by atoms with Gasteiger partial charge < -0.3 is 10.3 Å². The molecule has 6 heteroatoms. The molecule has 0 aliphatic heterocycles. The van der Waals surface area contributed by atoms with Gasteiger partial charge in [0.15, 0.2) is 0 Å². The van der Waals surface area contributed by atoms with Gasteiger partial charge in [-0.3, -0.25) is 0 Å². The summed E-state index contributed by atoms with van der Waals surface area (Å²) in [6, 6.07) is 0.245. The van der Waals surface area contributed by atoms with Crippen molar-refractivity contribution >= 4 is 0 Å². The number of halogens is 3. The molecule has 1 aromatic heterocycles. The maximum absolute atomic E-state index is 11.9. The van der Waals surface area contributed by atoms with E-state index in [-0.39, 0.29) is 5.69 Å². The third kappa shape index (κ3) is 1.76. The second-order valence-electron chi connectivity index (χ2n) is 2.40. The quantitative estimate of drug-likeness (QED) is 0.715. The van der Waals surface area contributed by atoms with Crippen LogP contribution in [0.15, 0.2) is 10.6 Å². The van der Waals surface area contributed by atoms with Crippen LogP contribution >= 0.6 is 0 Å². The zero-order valence-corrected chi connectivity index (χ0v) is 6.22. The number of aromatic nitrogens is 1. The molecule has 0 radical (unpaired) electrons. The molecule has 0 unspecified atom stereocenters. The Labute approximate surface area is 66.3 Å². The van der Waals surface area contributed by atoms with E-state index in [1.54, 1.807) is 0 Å². The first-order valence-electron chi connectivity index (χ1n) is 3.20. The lowest BCUT2D eigenvalue weighted by Gasteiger charge is -1.97. The molecule has 0 aliphatic carbocycles. The molecule has 0 aromatic carbocycles. The summed E-state index contributed by atoms with van der Waals surface area (Å²) in [7, 11) is 0. The van der Waals surface area contributed by atoms with Gasteiger partial charge in [0, 0.05) is 12.1 Å². The summed E-state index contributed by atoms with van der Waals surface area (Å²) < 4.78 is 39.7. The lowest BCUT2D eigenvalue weighted by Crippen LogP contribution is -2.05. The Morgan fingerprint density at radius 3 is 2.42 bits per heavy atom. The molecular weight excluding hydrogens is 173 g/mol. The Kier molecular flexibility index (Phi) is 2.10. The van der Waals surface area contributed by atoms with Crippen LogP contribution in [0, 0.1) is 0 Å². The van der Waals surface area contributed by atoms with E-state index in [9.17, 15) is 13.2 Å². The second kappa shape index (κ2) is 2.78. The van der Waals surface area contributed by atoms with Crippen molar-refractivity contribution in [3.63, 3.8) is 0 Å². The summed E-state index contributed by atoms with van der Waals surface area (Å²) in [6.07, 6.45) is -4.49. The Hall–Kier alpha value is -1.04. The van der Waals surface area contributed by atoms with Crippen molar-refractivity contribution in [3.05, 3.63) is 17.5 Å². The van der Waals surface area contributed by atoms with Crippen LogP contribution in [0.1, 0.15) is 24.4 Å². The lowest BCUT2D eigenvalue weighted by atomic mass is 10.2. The first-order chi connectivity index (χ1) is 5.41. The first-order valence-corrected chi connectivity index (χ1v) is 3.20. The number of rotatable bonds is 1. The predicted octanol–water partition coefficient (Wildman–Crippen LogP) is 1.71. The van der Waals surface area contributed by atoms with E-state index < -0.39 is 18.0 Å². The topological polar surface area (TPSA) is 52.0 Å². The Balaban J connectivity index is 2.92. The van der Waals surface area contributed by atoms with Gasteiger partial charge in [0.05, 0.1) is 0 Å². The molecule has 68 valence electrons. The van der Waals surface area contributed by atoms with Gasteiger partial charge >= 0.3 is 6.18 Å². The highest BCUT2D eigenvalue weighted by Gasteiger charge is 2.36. The Morgan fingerprint density at radius 2 is 2.17 bits per heavy atom. The van der Waals surface area contributed by atoms with E-state index in [0.717, 1.165) is 6.07 Å². The fraction of sp³-hybridized carbons (Fsp3) is 0.500. The first kappa shape index (κ1) is 9.05.